The van der Waals surface area contributed by atoms with Gasteiger partial charge < -0.3 is 10.3 Å². The molecule has 2 heterocycles. The molecular formula is C16H12F3N3OS. The lowest BCUT2D eigenvalue weighted by atomic mass is 10.2. The van der Waals surface area contributed by atoms with Gasteiger partial charge in [-0.1, -0.05) is 11.8 Å². The second-order valence-corrected chi connectivity index (χ2v) is 6.02. The molecule has 2 N–H and O–H groups in total. The van der Waals surface area contributed by atoms with E-state index in [0.29, 0.717) is 17.4 Å². The maximum atomic E-state index is 12.3. The molecule has 0 atom stereocenters. The third kappa shape index (κ3) is 4.08. The van der Waals surface area contributed by atoms with Crippen molar-refractivity contribution < 1.29 is 18.0 Å². The van der Waals surface area contributed by atoms with Gasteiger partial charge in [0.15, 0.2) is 0 Å². The zero-order valence-corrected chi connectivity index (χ0v) is 13.0. The number of amides is 1. The van der Waals surface area contributed by atoms with Crippen molar-refractivity contribution in [1.82, 2.24) is 9.97 Å². The summed E-state index contributed by atoms with van der Waals surface area (Å²) in [7, 11) is 0. The fraction of sp³-hybridized carbons (Fsp3) is 0.125. The van der Waals surface area contributed by atoms with Crippen molar-refractivity contribution in [3.63, 3.8) is 0 Å². The predicted molar refractivity (Wildman–Crippen MR) is 87.3 cm³/mol. The Labute approximate surface area is 139 Å². The number of H-pyrrole nitrogens is 1. The normalized spacial score (nSPS) is 11.6. The lowest BCUT2D eigenvalue weighted by molar-refractivity contribution is -0.105. The number of aromatic nitrogens is 2. The van der Waals surface area contributed by atoms with E-state index in [1.807, 2.05) is 18.2 Å². The van der Waals surface area contributed by atoms with Gasteiger partial charge in [-0.15, -0.1) is 0 Å². The number of anilines is 1. The lowest BCUT2D eigenvalue weighted by Gasteiger charge is -2.08. The Hall–Kier alpha value is -2.48. The van der Waals surface area contributed by atoms with E-state index < -0.39 is 17.8 Å². The summed E-state index contributed by atoms with van der Waals surface area (Å²) >= 11 is 0.548. The first-order chi connectivity index (χ1) is 11.4. The number of benzene rings is 1. The highest BCUT2D eigenvalue weighted by molar-refractivity contribution is 7.99. The Morgan fingerprint density at radius 2 is 2.04 bits per heavy atom. The molecule has 0 aliphatic carbocycles. The van der Waals surface area contributed by atoms with Crippen molar-refractivity contribution >= 4 is 34.3 Å². The minimum atomic E-state index is -4.28. The summed E-state index contributed by atoms with van der Waals surface area (Å²) in [6, 6.07) is 10.1. The Balaban J connectivity index is 1.72. The highest BCUT2D eigenvalue weighted by atomic mass is 32.2. The molecule has 0 saturated carbocycles. The van der Waals surface area contributed by atoms with Crippen LogP contribution in [0.1, 0.15) is 10.4 Å². The Kier molecular flexibility index (Phi) is 4.48. The van der Waals surface area contributed by atoms with Crippen molar-refractivity contribution in [3.05, 3.63) is 54.4 Å². The monoisotopic (exact) mass is 351 g/mol. The number of nitrogens with one attached hydrogen (secondary N) is 2. The number of pyridine rings is 1. The number of hydrogen-bond acceptors (Lipinski definition) is 3. The summed E-state index contributed by atoms with van der Waals surface area (Å²) in [4.78, 5) is 19.2. The van der Waals surface area contributed by atoms with Gasteiger partial charge in [0, 0.05) is 34.5 Å². The second-order valence-electron chi connectivity index (χ2n) is 5.02. The number of carbonyl (C=O) groups is 1. The number of aromatic amines is 1. The number of thioether (sulfide) groups is 1. The van der Waals surface area contributed by atoms with Crippen molar-refractivity contribution in [2.75, 3.05) is 11.1 Å². The lowest BCUT2D eigenvalue weighted by Crippen LogP contribution is -2.13. The molecule has 0 saturated heterocycles. The highest BCUT2D eigenvalue weighted by Gasteiger charge is 2.27. The molecule has 3 aromatic rings. The number of fused-ring (bicyclic) bond motifs is 1. The molecule has 0 fully saturated rings. The van der Waals surface area contributed by atoms with Crippen LogP contribution in [-0.2, 0) is 0 Å². The van der Waals surface area contributed by atoms with E-state index in [0.717, 1.165) is 10.9 Å². The van der Waals surface area contributed by atoms with Crippen molar-refractivity contribution in [1.29, 1.82) is 0 Å². The number of alkyl halides is 3. The number of nitrogens with zero attached hydrogens (tertiary/aromatic N) is 1. The average Bonchev–Trinajstić information content (AvgIpc) is 3.00. The van der Waals surface area contributed by atoms with Crippen LogP contribution in [0.5, 0.6) is 0 Å². The Morgan fingerprint density at radius 1 is 1.21 bits per heavy atom. The summed E-state index contributed by atoms with van der Waals surface area (Å²) < 4.78 is 36.8. The van der Waals surface area contributed by atoms with Gasteiger partial charge in [-0.25, -0.2) is 4.98 Å². The summed E-state index contributed by atoms with van der Waals surface area (Å²) in [5.74, 6) is -1.45. The van der Waals surface area contributed by atoms with Crippen LogP contribution >= 0.6 is 11.8 Å². The second kappa shape index (κ2) is 6.56. The van der Waals surface area contributed by atoms with Crippen LogP contribution in [0.15, 0.2) is 53.8 Å². The molecule has 0 radical (unpaired) electrons. The van der Waals surface area contributed by atoms with Gasteiger partial charge in [0.1, 0.15) is 0 Å². The first kappa shape index (κ1) is 16.4. The number of rotatable bonds is 4. The van der Waals surface area contributed by atoms with Crippen LogP contribution in [0.2, 0.25) is 0 Å². The van der Waals surface area contributed by atoms with Gasteiger partial charge in [-0.05, 0) is 36.4 Å². The Bertz CT molecular complexity index is 876. The SMILES string of the molecule is O=C(Nc1ccc2[nH]ccc2c1)c1ccnc(SCC(F)(F)F)c1. The first-order valence-electron chi connectivity index (χ1n) is 6.95. The molecule has 4 nitrogen and oxygen atoms in total. The molecule has 8 heteroatoms. The molecule has 2 aromatic heterocycles. The smallest absolute Gasteiger partial charge is 0.361 e. The quantitative estimate of drug-likeness (QED) is 0.682. The maximum absolute atomic E-state index is 12.3. The van der Waals surface area contributed by atoms with Gasteiger partial charge in [0.25, 0.3) is 5.91 Å². The van der Waals surface area contributed by atoms with Crippen LogP contribution < -0.4 is 5.32 Å². The van der Waals surface area contributed by atoms with Crippen LogP contribution in [-0.4, -0.2) is 27.8 Å². The van der Waals surface area contributed by atoms with Crippen LogP contribution in [0.4, 0.5) is 18.9 Å². The van der Waals surface area contributed by atoms with Crippen molar-refractivity contribution in [2.24, 2.45) is 0 Å². The summed E-state index contributed by atoms with van der Waals surface area (Å²) in [5, 5.41) is 3.83. The predicted octanol–water partition coefficient (Wildman–Crippen LogP) is 4.47. The van der Waals surface area contributed by atoms with E-state index in [2.05, 4.69) is 15.3 Å². The summed E-state index contributed by atoms with van der Waals surface area (Å²) in [6.45, 7) is 0. The molecule has 0 aliphatic heterocycles. The van der Waals surface area contributed by atoms with Crippen LogP contribution in [0.3, 0.4) is 0 Å². The molecule has 0 bridgehead atoms. The van der Waals surface area contributed by atoms with Gasteiger partial charge in [-0.3, -0.25) is 4.79 Å². The van der Waals surface area contributed by atoms with E-state index in [4.69, 9.17) is 0 Å². The van der Waals surface area contributed by atoms with Crippen molar-refractivity contribution in [2.45, 2.75) is 11.2 Å². The van der Waals surface area contributed by atoms with Crippen molar-refractivity contribution in [3.8, 4) is 0 Å². The number of carbonyl (C=O) groups excluding carboxylic acids is 1. The molecule has 124 valence electrons. The molecule has 0 spiro atoms. The zero-order chi connectivity index (χ0) is 17.2. The van der Waals surface area contributed by atoms with Gasteiger partial charge in [0.05, 0.1) is 10.8 Å². The summed E-state index contributed by atoms with van der Waals surface area (Å²) in [5.41, 5.74) is 1.81. The highest BCUT2D eigenvalue weighted by Crippen LogP contribution is 2.26. The molecule has 1 aromatic carbocycles. The van der Waals surface area contributed by atoms with E-state index >= 15 is 0 Å². The summed E-state index contributed by atoms with van der Waals surface area (Å²) in [6.07, 6.45) is -1.16. The minimum absolute atomic E-state index is 0.154. The fourth-order valence-corrected chi connectivity index (χ4v) is 2.78. The fourth-order valence-electron chi connectivity index (χ4n) is 2.12. The standard InChI is InChI=1S/C16H12F3N3OS/c17-16(18,19)9-24-14-8-11(4-6-21-14)15(23)22-12-1-2-13-10(7-12)3-5-20-13/h1-8,20H,9H2,(H,22,23). The molecule has 0 unspecified atom stereocenters. The zero-order valence-electron chi connectivity index (χ0n) is 12.2. The average molecular weight is 351 g/mol. The molecular weight excluding hydrogens is 339 g/mol. The van der Waals surface area contributed by atoms with Crippen LogP contribution in [0.25, 0.3) is 10.9 Å². The van der Waals surface area contributed by atoms with Gasteiger partial charge in [-0.2, -0.15) is 13.2 Å². The molecule has 3 rings (SSSR count). The third-order valence-corrected chi connectivity index (χ3v) is 4.18. The van der Waals surface area contributed by atoms with Gasteiger partial charge >= 0.3 is 6.18 Å². The van der Waals surface area contributed by atoms with Crippen LogP contribution in [0, 0.1) is 0 Å². The van der Waals surface area contributed by atoms with E-state index in [1.54, 1.807) is 12.3 Å². The van der Waals surface area contributed by atoms with E-state index in [1.165, 1.54) is 18.3 Å². The van der Waals surface area contributed by atoms with E-state index in [9.17, 15) is 18.0 Å². The topological polar surface area (TPSA) is 57.8 Å². The first-order valence-corrected chi connectivity index (χ1v) is 7.93. The number of hydrogen-bond donors (Lipinski definition) is 2. The molecule has 1 amide bonds. The molecule has 24 heavy (non-hydrogen) atoms. The van der Waals surface area contributed by atoms with Gasteiger partial charge in [0.2, 0.25) is 0 Å². The largest absolute Gasteiger partial charge is 0.398 e. The molecule has 0 aliphatic rings. The third-order valence-electron chi connectivity index (χ3n) is 3.19. The Morgan fingerprint density at radius 3 is 2.83 bits per heavy atom. The minimum Gasteiger partial charge on any atom is -0.361 e. The number of halogens is 3. The maximum Gasteiger partial charge on any atom is 0.398 e. The van der Waals surface area contributed by atoms with E-state index in [-0.39, 0.29) is 10.6 Å².